The van der Waals surface area contributed by atoms with Gasteiger partial charge in [0, 0.05) is 33.0 Å². The summed E-state index contributed by atoms with van der Waals surface area (Å²) in [5.74, 6) is 0.868. The standard InChI is InChI=1S/C11H20N4O/c1-15-8-11(13-14-15)7-12-5-2-6-16-9-10-3-4-10/h8,10,12H,2-7,9H2,1H3. The van der Waals surface area contributed by atoms with Gasteiger partial charge in [-0.15, -0.1) is 5.10 Å². The first-order valence-electron chi connectivity index (χ1n) is 5.98. The maximum Gasteiger partial charge on any atom is 0.0964 e. The molecule has 0 bridgehead atoms. The zero-order chi connectivity index (χ0) is 11.2. The van der Waals surface area contributed by atoms with Crippen LogP contribution in [0.25, 0.3) is 0 Å². The molecule has 1 saturated carbocycles. The third-order valence-corrected chi connectivity index (χ3v) is 2.65. The molecule has 0 aromatic carbocycles. The van der Waals surface area contributed by atoms with Gasteiger partial charge in [-0.1, -0.05) is 5.21 Å². The van der Waals surface area contributed by atoms with Crippen molar-refractivity contribution in [3.8, 4) is 0 Å². The molecule has 1 aromatic rings. The smallest absolute Gasteiger partial charge is 0.0964 e. The Hall–Kier alpha value is -0.940. The molecule has 1 heterocycles. The van der Waals surface area contributed by atoms with E-state index in [9.17, 15) is 0 Å². The molecule has 5 nitrogen and oxygen atoms in total. The third kappa shape index (κ3) is 4.28. The maximum atomic E-state index is 5.54. The molecular formula is C11H20N4O. The summed E-state index contributed by atoms with van der Waals surface area (Å²) in [4.78, 5) is 0. The number of rotatable bonds is 8. The van der Waals surface area contributed by atoms with Gasteiger partial charge in [-0.2, -0.15) is 0 Å². The molecule has 0 spiro atoms. The highest BCUT2D eigenvalue weighted by Crippen LogP contribution is 2.28. The van der Waals surface area contributed by atoms with Gasteiger partial charge < -0.3 is 10.1 Å². The SMILES string of the molecule is Cn1cc(CNCCCOCC2CC2)nn1. The molecule has 1 aliphatic carbocycles. The van der Waals surface area contributed by atoms with Gasteiger partial charge >= 0.3 is 0 Å². The van der Waals surface area contributed by atoms with Crippen LogP contribution in [0.5, 0.6) is 0 Å². The summed E-state index contributed by atoms with van der Waals surface area (Å²) < 4.78 is 7.26. The summed E-state index contributed by atoms with van der Waals surface area (Å²) in [5.41, 5.74) is 0.987. The highest BCUT2D eigenvalue weighted by molar-refractivity contribution is 4.90. The monoisotopic (exact) mass is 224 g/mol. The fourth-order valence-electron chi connectivity index (χ4n) is 1.53. The molecule has 1 fully saturated rings. The Kier molecular flexibility index (Phi) is 4.30. The van der Waals surface area contributed by atoms with Crippen molar-refractivity contribution in [2.45, 2.75) is 25.8 Å². The van der Waals surface area contributed by atoms with Crippen LogP contribution in [0.1, 0.15) is 25.0 Å². The van der Waals surface area contributed by atoms with E-state index in [4.69, 9.17) is 4.74 Å². The van der Waals surface area contributed by atoms with Gasteiger partial charge in [0.15, 0.2) is 0 Å². The Balaban J connectivity index is 1.42. The summed E-state index contributed by atoms with van der Waals surface area (Å²) in [7, 11) is 1.88. The summed E-state index contributed by atoms with van der Waals surface area (Å²) in [6.07, 6.45) is 5.72. The van der Waals surface area contributed by atoms with E-state index in [1.807, 2.05) is 13.2 Å². The number of aryl methyl sites for hydroxylation is 1. The van der Waals surface area contributed by atoms with Gasteiger partial charge in [-0.25, -0.2) is 0 Å². The Labute approximate surface area is 96.2 Å². The van der Waals surface area contributed by atoms with E-state index < -0.39 is 0 Å². The first-order chi connectivity index (χ1) is 7.84. The van der Waals surface area contributed by atoms with Gasteiger partial charge in [-0.3, -0.25) is 4.68 Å². The number of hydrogen-bond acceptors (Lipinski definition) is 4. The van der Waals surface area contributed by atoms with Crippen LogP contribution >= 0.6 is 0 Å². The predicted molar refractivity (Wildman–Crippen MR) is 60.9 cm³/mol. The van der Waals surface area contributed by atoms with Crippen LogP contribution in [0, 0.1) is 5.92 Å². The van der Waals surface area contributed by atoms with E-state index in [1.165, 1.54) is 12.8 Å². The van der Waals surface area contributed by atoms with Crippen LogP contribution in [0.3, 0.4) is 0 Å². The highest BCUT2D eigenvalue weighted by Gasteiger charge is 2.20. The Morgan fingerprint density at radius 2 is 2.44 bits per heavy atom. The Morgan fingerprint density at radius 1 is 1.56 bits per heavy atom. The molecule has 0 unspecified atom stereocenters. The molecule has 1 N–H and O–H groups in total. The largest absolute Gasteiger partial charge is 0.381 e. The number of aromatic nitrogens is 3. The molecule has 5 heteroatoms. The lowest BCUT2D eigenvalue weighted by molar-refractivity contribution is 0.122. The summed E-state index contributed by atoms with van der Waals surface area (Å²) >= 11 is 0. The lowest BCUT2D eigenvalue weighted by atomic mass is 10.4. The van der Waals surface area contributed by atoms with Crippen molar-refractivity contribution >= 4 is 0 Å². The number of nitrogens with one attached hydrogen (secondary N) is 1. The number of ether oxygens (including phenoxy) is 1. The van der Waals surface area contributed by atoms with Crippen molar-refractivity contribution < 1.29 is 4.74 Å². The second-order valence-corrected chi connectivity index (χ2v) is 4.43. The minimum atomic E-state index is 0.788. The van der Waals surface area contributed by atoms with Crippen LogP contribution < -0.4 is 5.32 Å². The van der Waals surface area contributed by atoms with Crippen LogP contribution in [0.4, 0.5) is 0 Å². The van der Waals surface area contributed by atoms with Crippen LogP contribution in [-0.4, -0.2) is 34.8 Å². The van der Waals surface area contributed by atoms with Gasteiger partial charge in [-0.05, 0) is 31.7 Å². The second-order valence-electron chi connectivity index (χ2n) is 4.43. The lowest BCUT2D eigenvalue weighted by Crippen LogP contribution is -2.16. The van der Waals surface area contributed by atoms with Crippen molar-refractivity contribution in [1.82, 2.24) is 20.3 Å². The minimum absolute atomic E-state index is 0.788. The van der Waals surface area contributed by atoms with Gasteiger partial charge in [0.1, 0.15) is 0 Å². The topological polar surface area (TPSA) is 52.0 Å². The highest BCUT2D eigenvalue weighted by atomic mass is 16.5. The van der Waals surface area contributed by atoms with E-state index in [0.29, 0.717) is 0 Å². The summed E-state index contributed by atoms with van der Waals surface area (Å²) in [5, 5.41) is 11.2. The van der Waals surface area contributed by atoms with E-state index in [1.54, 1.807) is 4.68 Å². The number of hydrogen-bond donors (Lipinski definition) is 1. The lowest BCUT2D eigenvalue weighted by Gasteiger charge is -2.03. The summed E-state index contributed by atoms with van der Waals surface area (Å²) in [6, 6.07) is 0. The van der Waals surface area contributed by atoms with Crippen LogP contribution in [0.15, 0.2) is 6.20 Å². The molecule has 0 amide bonds. The average molecular weight is 224 g/mol. The first-order valence-corrected chi connectivity index (χ1v) is 5.98. The number of nitrogens with zero attached hydrogens (tertiary/aromatic N) is 3. The molecule has 2 rings (SSSR count). The van der Waals surface area contributed by atoms with Gasteiger partial charge in [0.05, 0.1) is 5.69 Å². The molecule has 0 radical (unpaired) electrons. The minimum Gasteiger partial charge on any atom is -0.381 e. The second kappa shape index (κ2) is 5.96. The van der Waals surface area contributed by atoms with E-state index in [0.717, 1.165) is 44.3 Å². The quantitative estimate of drug-likeness (QED) is 0.661. The van der Waals surface area contributed by atoms with Crippen molar-refractivity contribution in [3.05, 3.63) is 11.9 Å². The Bertz CT molecular complexity index is 309. The van der Waals surface area contributed by atoms with Crippen molar-refractivity contribution in [2.24, 2.45) is 13.0 Å². The molecule has 0 atom stereocenters. The van der Waals surface area contributed by atoms with Crippen LogP contribution in [0.2, 0.25) is 0 Å². The molecule has 1 aromatic heterocycles. The molecule has 90 valence electrons. The van der Waals surface area contributed by atoms with Gasteiger partial charge in [0.2, 0.25) is 0 Å². The zero-order valence-corrected chi connectivity index (χ0v) is 9.85. The summed E-state index contributed by atoms with van der Waals surface area (Å²) in [6.45, 7) is 3.59. The average Bonchev–Trinajstić information content (AvgIpc) is 3.00. The van der Waals surface area contributed by atoms with Gasteiger partial charge in [0.25, 0.3) is 0 Å². The molecule has 16 heavy (non-hydrogen) atoms. The van der Waals surface area contributed by atoms with E-state index in [2.05, 4.69) is 15.6 Å². The zero-order valence-electron chi connectivity index (χ0n) is 9.85. The molecule has 0 saturated heterocycles. The van der Waals surface area contributed by atoms with Crippen molar-refractivity contribution in [1.29, 1.82) is 0 Å². The fourth-order valence-corrected chi connectivity index (χ4v) is 1.53. The van der Waals surface area contributed by atoms with E-state index in [-0.39, 0.29) is 0 Å². The fraction of sp³-hybridized carbons (Fsp3) is 0.818. The predicted octanol–water partition coefficient (Wildman–Crippen LogP) is 0.721. The van der Waals surface area contributed by atoms with Crippen molar-refractivity contribution in [3.63, 3.8) is 0 Å². The third-order valence-electron chi connectivity index (χ3n) is 2.65. The molecule has 0 aliphatic heterocycles. The maximum absolute atomic E-state index is 5.54. The van der Waals surface area contributed by atoms with Crippen LogP contribution in [-0.2, 0) is 18.3 Å². The Morgan fingerprint density at radius 3 is 3.12 bits per heavy atom. The van der Waals surface area contributed by atoms with Crippen molar-refractivity contribution in [2.75, 3.05) is 19.8 Å². The molecular weight excluding hydrogens is 204 g/mol. The first kappa shape index (κ1) is 11.5. The molecule has 1 aliphatic rings. The van der Waals surface area contributed by atoms with E-state index >= 15 is 0 Å². The normalized spacial score (nSPS) is 15.6.